The number of carbonyl (C=O) groups excluding carboxylic acids is 1. The summed E-state index contributed by atoms with van der Waals surface area (Å²) >= 11 is 11.8. The van der Waals surface area contributed by atoms with Crippen LogP contribution in [0.15, 0.2) is 36.4 Å². The Morgan fingerprint density at radius 2 is 1.68 bits per heavy atom. The van der Waals surface area contributed by atoms with E-state index in [1.54, 1.807) is 18.2 Å². The van der Waals surface area contributed by atoms with E-state index in [1.807, 2.05) is 32.0 Å². The van der Waals surface area contributed by atoms with Gasteiger partial charge in [-0.25, -0.2) is 0 Å². The first-order chi connectivity index (χ1) is 8.99. The van der Waals surface area contributed by atoms with Crippen molar-refractivity contribution in [3.63, 3.8) is 0 Å². The molecule has 2 rings (SSSR count). The van der Waals surface area contributed by atoms with E-state index in [0.29, 0.717) is 15.6 Å². The van der Waals surface area contributed by atoms with Crippen LogP contribution in [0.3, 0.4) is 0 Å². The smallest absolute Gasteiger partial charge is 0.257 e. The number of carbonyl (C=O) groups is 1. The average molecular weight is 294 g/mol. The highest BCUT2D eigenvalue weighted by molar-refractivity contribution is 6.37. The molecule has 0 saturated heterocycles. The molecule has 0 atom stereocenters. The molecule has 1 amide bonds. The van der Waals surface area contributed by atoms with Crippen molar-refractivity contribution in [2.45, 2.75) is 13.8 Å². The van der Waals surface area contributed by atoms with Crippen molar-refractivity contribution < 1.29 is 4.79 Å². The number of rotatable bonds is 2. The van der Waals surface area contributed by atoms with Crippen LogP contribution in [-0.4, -0.2) is 5.91 Å². The largest absolute Gasteiger partial charge is 0.321 e. The third-order valence-electron chi connectivity index (χ3n) is 2.90. The van der Waals surface area contributed by atoms with E-state index >= 15 is 0 Å². The molecule has 2 aromatic rings. The molecular formula is C15H13Cl2NO. The minimum Gasteiger partial charge on any atom is -0.321 e. The quantitative estimate of drug-likeness (QED) is 0.841. The lowest BCUT2D eigenvalue weighted by molar-refractivity contribution is 0.102. The summed E-state index contributed by atoms with van der Waals surface area (Å²) in [6, 6.07) is 10.7. The molecule has 0 aliphatic rings. The van der Waals surface area contributed by atoms with E-state index in [9.17, 15) is 4.79 Å². The molecule has 1 N–H and O–H groups in total. The predicted octanol–water partition coefficient (Wildman–Crippen LogP) is 4.86. The Balaban J connectivity index is 2.31. The number of nitrogens with one attached hydrogen (secondary N) is 1. The SMILES string of the molecule is Cc1cccc(C)c1NC(=O)c1ccc(Cl)cc1Cl. The maximum absolute atomic E-state index is 12.2. The molecule has 98 valence electrons. The molecule has 0 aromatic heterocycles. The molecule has 0 heterocycles. The number of benzene rings is 2. The highest BCUT2D eigenvalue weighted by Gasteiger charge is 2.13. The van der Waals surface area contributed by atoms with Crippen molar-refractivity contribution in [3.8, 4) is 0 Å². The molecular weight excluding hydrogens is 281 g/mol. The van der Waals surface area contributed by atoms with Crippen LogP contribution in [0, 0.1) is 13.8 Å². The van der Waals surface area contributed by atoms with Crippen molar-refractivity contribution in [1.82, 2.24) is 0 Å². The summed E-state index contributed by atoms with van der Waals surface area (Å²) in [5, 5.41) is 3.74. The van der Waals surface area contributed by atoms with Crippen LogP contribution in [0.2, 0.25) is 10.0 Å². The van der Waals surface area contributed by atoms with Crippen LogP contribution in [-0.2, 0) is 0 Å². The zero-order valence-electron chi connectivity index (χ0n) is 10.6. The Hall–Kier alpha value is -1.51. The molecule has 0 aliphatic carbocycles. The normalized spacial score (nSPS) is 10.3. The molecule has 2 aromatic carbocycles. The fourth-order valence-electron chi connectivity index (χ4n) is 1.87. The molecule has 0 aliphatic heterocycles. The standard InChI is InChI=1S/C15H13Cl2NO/c1-9-4-3-5-10(2)14(9)18-15(19)12-7-6-11(16)8-13(12)17/h3-8H,1-2H3,(H,18,19). The Kier molecular flexibility index (Phi) is 4.13. The van der Waals surface area contributed by atoms with Gasteiger partial charge in [-0.2, -0.15) is 0 Å². The molecule has 19 heavy (non-hydrogen) atoms. The Morgan fingerprint density at radius 1 is 1.05 bits per heavy atom. The van der Waals surface area contributed by atoms with Crippen LogP contribution in [0.25, 0.3) is 0 Å². The average Bonchev–Trinajstić information content (AvgIpc) is 2.33. The van der Waals surface area contributed by atoms with Gasteiger partial charge in [-0.15, -0.1) is 0 Å². The molecule has 4 heteroatoms. The Bertz CT molecular complexity index is 618. The first kappa shape index (κ1) is 13.9. The zero-order valence-corrected chi connectivity index (χ0v) is 12.1. The van der Waals surface area contributed by atoms with Gasteiger partial charge in [0.15, 0.2) is 0 Å². The summed E-state index contributed by atoms with van der Waals surface area (Å²) in [6.07, 6.45) is 0. The minimum absolute atomic E-state index is 0.237. The summed E-state index contributed by atoms with van der Waals surface area (Å²) in [7, 11) is 0. The van der Waals surface area contributed by atoms with Crippen molar-refractivity contribution in [2.75, 3.05) is 5.32 Å². The molecule has 0 unspecified atom stereocenters. The number of aryl methyl sites for hydroxylation is 2. The van der Waals surface area contributed by atoms with Crippen LogP contribution in [0.4, 0.5) is 5.69 Å². The van der Waals surface area contributed by atoms with E-state index < -0.39 is 0 Å². The number of amides is 1. The van der Waals surface area contributed by atoms with E-state index in [2.05, 4.69) is 5.32 Å². The first-order valence-electron chi connectivity index (χ1n) is 5.81. The third kappa shape index (κ3) is 3.09. The molecule has 0 bridgehead atoms. The van der Waals surface area contributed by atoms with Gasteiger partial charge in [-0.05, 0) is 43.2 Å². The second-order valence-corrected chi connectivity index (χ2v) is 5.19. The maximum atomic E-state index is 12.2. The molecule has 0 saturated carbocycles. The first-order valence-corrected chi connectivity index (χ1v) is 6.57. The van der Waals surface area contributed by atoms with Crippen LogP contribution in [0.1, 0.15) is 21.5 Å². The van der Waals surface area contributed by atoms with Crippen LogP contribution < -0.4 is 5.32 Å². The van der Waals surface area contributed by atoms with Gasteiger partial charge in [0.1, 0.15) is 0 Å². The van der Waals surface area contributed by atoms with Crippen molar-refractivity contribution in [1.29, 1.82) is 0 Å². The topological polar surface area (TPSA) is 29.1 Å². The number of halogens is 2. The predicted molar refractivity (Wildman–Crippen MR) is 80.3 cm³/mol. The van der Waals surface area contributed by atoms with Gasteiger partial charge in [-0.1, -0.05) is 41.4 Å². The monoisotopic (exact) mass is 293 g/mol. The number of anilines is 1. The Labute approximate surface area is 122 Å². The van der Waals surface area contributed by atoms with E-state index in [1.165, 1.54) is 0 Å². The summed E-state index contributed by atoms with van der Waals surface area (Å²) in [5.74, 6) is -0.237. The van der Waals surface area contributed by atoms with E-state index in [4.69, 9.17) is 23.2 Å². The lowest BCUT2D eigenvalue weighted by Gasteiger charge is -2.12. The minimum atomic E-state index is -0.237. The second kappa shape index (κ2) is 5.64. The van der Waals surface area contributed by atoms with Crippen molar-refractivity contribution in [3.05, 3.63) is 63.1 Å². The fraction of sp³-hybridized carbons (Fsp3) is 0.133. The fourth-order valence-corrected chi connectivity index (χ4v) is 2.36. The van der Waals surface area contributed by atoms with Gasteiger partial charge < -0.3 is 5.32 Å². The lowest BCUT2D eigenvalue weighted by Crippen LogP contribution is -2.14. The van der Waals surface area contributed by atoms with Crippen LogP contribution in [0.5, 0.6) is 0 Å². The van der Waals surface area contributed by atoms with Gasteiger partial charge in [-0.3, -0.25) is 4.79 Å². The summed E-state index contributed by atoms with van der Waals surface area (Å²) in [5.41, 5.74) is 3.25. The number of para-hydroxylation sites is 1. The highest BCUT2D eigenvalue weighted by Crippen LogP contribution is 2.24. The van der Waals surface area contributed by atoms with E-state index in [-0.39, 0.29) is 5.91 Å². The van der Waals surface area contributed by atoms with Crippen LogP contribution >= 0.6 is 23.2 Å². The highest BCUT2D eigenvalue weighted by atomic mass is 35.5. The molecule has 0 radical (unpaired) electrons. The summed E-state index contributed by atoms with van der Waals surface area (Å²) in [6.45, 7) is 3.90. The Morgan fingerprint density at radius 3 is 2.26 bits per heavy atom. The van der Waals surface area contributed by atoms with Gasteiger partial charge in [0.05, 0.1) is 10.6 Å². The molecule has 2 nitrogen and oxygen atoms in total. The van der Waals surface area contributed by atoms with Gasteiger partial charge >= 0.3 is 0 Å². The van der Waals surface area contributed by atoms with Gasteiger partial charge in [0, 0.05) is 10.7 Å². The number of hydrogen-bond acceptors (Lipinski definition) is 1. The number of hydrogen-bond donors (Lipinski definition) is 1. The molecule has 0 spiro atoms. The zero-order chi connectivity index (χ0) is 14.0. The third-order valence-corrected chi connectivity index (χ3v) is 3.44. The van der Waals surface area contributed by atoms with Crippen molar-refractivity contribution >= 4 is 34.8 Å². The molecule has 0 fully saturated rings. The summed E-state index contributed by atoms with van der Waals surface area (Å²) < 4.78 is 0. The van der Waals surface area contributed by atoms with Gasteiger partial charge in [0.25, 0.3) is 5.91 Å². The lowest BCUT2D eigenvalue weighted by atomic mass is 10.1. The summed E-state index contributed by atoms with van der Waals surface area (Å²) in [4.78, 5) is 12.2. The van der Waals surface area contributed by atoms with E-state index in [0.717, 1.165) is 16.8 Å². The van der Waals surface area contributed by atoms with Crippen molar-refractivity contribution in [2.24, 2.45) is 0 Å². The van der Waals surface area contributed by atoms with Gasteiger partial charge in [0.2, 0.25) is 0 Å². The maximum Gasteiger partial charge on any atom is 0.257 e. The second-order valence-electron chi connectivity index (χ2n) is 4.35.